The molecule has 0 amide bonds. The number of rotatable bonds is 19. The van der Waals surface area contributed by atoms with E-state index in [-0.39, 0.29) is 32.8 Å². The molecule has 0 saturated heterocycles. The van der Waals surface area contributed by atoms with Crippen LogP contribution in [0.15, 0.2) is 30.3 Å². The molecule has 1 unspecified atom stereocenters. The lowest BCUT2D eigenvalue weighted by Crippen LogP contribution is -2.53. The van der Waals surface area contributed by atoms with E-state index in [1.54, 1.807) is 54.0 Å². The second kappa shape index (κ2) is 15.8. The maximum absolute atomic E-state index is 11.6. The van der Waals surface area contributed by atoms with Gasteiger partial charge in [0.25, 0.3) is 0 Å². The molecule has 35 heavy (non-hydrogen) atoms. The molecule has 12 nitrogen and oxygen atoms in total. The summed E-state index contributed by atoms with van der Waals surface area (Å²) in [6.45, 7) is 2.86. The monoisotopic (exact) mass is 497 g/mol. The Bertz CT molecular complexity index is 806. The lowest BCUT2D eigenvalue weighted by atomic mass is 9.99. The fraction of sp³-hybridized carbons (Fsp3) is 0.565. The van der Waals surface area contributed by atoms with Gasteiger partial charge in [-0.3, -0.25) is 33.9 Å². The van der Waals surface area contributed by atoms with Gasteiger partial charge in [-0.2, -0.15) is 0 Å². The molecule has 0 aliphatic heterocycles. The van der Waals surface area contributed by atoms with Crippen LogP contribution < -0.4 is 0 Å². The van der Waals surface area contributed by atoms with Crippen LogP contribution in [0.4, 0.5) is 0 Å². The Kier molecular flexibility index (Phi) is 13.5. The van der Waals surface area contributed by atoms with Crippen molar-refractivity contribution < 1.29 is 44.3 Å². The van der Waals surface area contributed by atoms with Crippen LogP contribution in [-0.4, -0.2) is 124 Å². The van der Waals surface area contributed by atoms with Gasteiger partial charge in [-0.05, 0) is 19.0 Å². The van der Waals surface area contributed by atoms with E-state index in [9.17, 15) is 34.5 Å². The molecule has 0 aliphatic rings. The van der Waals surface area contributed by atoms with Crippen LogP contribution in [0.25, 0.3) is 0 Å². The first-order chi connectivity index (χ1) is 16.6. The maximum Gasteiger partial charge on any atom is 0.317 e. The number of carboxylic acid groups (broad SMARTS) is 4. The smallest absolute Gasteiger partial charge is 0.317 e. The average molecular weight is 498 g/mol. The van der Waals surface area contributed by atoms with E-state index < -0.39 is 55.7 Å². The molecule has 12 heteroatoms. The van der Waals surface area contributed by atoms with E-state index >= 15 is 0 Å². The van der Waals surface area contributed by atoms with Crippen molar-refractivity contribution in [2.75, 3.05) is 59.0 Å². The Morgan fingerprint density at radius 3 is 1.71 bits per heavy atom. The van der Waals surface area contributed by atoms with Gasteiger partial charge in [-0.1, -0.05) is 37.3 Å². The van der Waals surface area contributed by atoms with Crippen LogP contribution in [0, 0.1) is 0 Å². The summed E-state index contributed by atoms with van der Waals surface area (Å²) >= 11 is 0. The first-order valence-electron chi connectivity index (χ1n) is 11.3. The molecule has 0 aliphatic carbocycles. The van der Waals surface area contributed by atoms with Crippen molar-refractivity contribution in [3.8, 4) is 0 Å². The topological polar surface area (TPSA) is 168 Å². The molecule has 0 bridgehead atoms. The summed E-state index contributed by atoms with van der Waals surface area (Å²) in [5.41, 5.74) is 0.691. The summed E-state index contributed by atoms with van der Waals surface area (Å²) in [6, 6.07) is 8.08. The molecular weight excluding hydrogens is 462 g/mol. The van der Waals surface area contributed by atoms with Crippen molar-refractivity contribution in [2.45, 2.75) is 26.0 Å². The number of ether oxygens (including phenoxy) is 1. The number of hydrogen-bond acceptors (Lipinski definition) is 8. The predicted octanol–water partition coefficient (Wildman–Crippen LogP) is 0.397. The fourth-order valence-corrected chi connectivity index (χ4v) is 3.81. The van der Waals surface area contributed by atoms with Crippen LogP contribution in [0.5, 0.6) is 0 Å². The van der Waals surface area contributed by atoms with Gasteiger partial charge in [0.05, 0.1) is 38.3 Å². The molecule has 2 atom stereocenters. The maximum atomic E-state index is 11.6. The summed E-state index contributed by atoms with van der Waals surface area (Å²) in [7, 11) is 0. The lowest BCUT2D eigenvalue weighted by molar-refractivity contribution is -0.146. The fourth-order valence-electron chi connectivity index (χ4n) is 3.81. The summed E-state index contributed by atoms with van der Waals surface area (Å²) in [6.07, 6.45) is -0.738. The molecule has 0 saturated carbocycles. The number of carboxylic acids is 4. The van der Waals surface area contributed by atoms with E-state index in [1.165, 1.54) is 4.90 Å². The Labute approximate surface area is 204 Å². The summed E-state index contributed by atoms with van der Waals surface area (Å²) in [4.78, 5) is 50.3. The minimum atomic E-state index is -1.23. The molecule has 0 spiro atoms. The number of aliphatic carboxylic acids is 4. The molecule has 1 aromatic rings. The Morgan fingerprint density at radius 1 is 0.771 bits per heavy atom. The molecular formula is C23H35N3O9. The van der Waals surface area contributed by atoms with Gasteiger partial charge in [0.1, 0.15) is 0 Å². The lowest BCUT2D eigenvalue weighted by Gasteiger charge is -2.38. The molecule has 0 radical (unpaired) electrons. The number of hydrogen-bond donors (Lipinski definition) is 4. The second-order valence-corrected chi connectivity index (χ2v) is 7.94. The summed E-state index contributed by atoms with van der Waals surface area (Å²) < 4.78 is 5.95. The molecule has 1 rings (SSSR count). The van der Waals surface area contributed by atoms with Gasteiger partial charge in [-0.25, -0.2) is 0 Å². The highest BCUT2D eigenvalue weighted by Crippen LogP contribution is 2.26. The highest BCUT2D eigenvalue weighted by Gasteiger charge is 2.34. The van der Waals surface area contributed by atoms with Gasteiger partial charge in [-0.15, -0.1) is 0 Å². The molecule has 0 heterocycles. The van der Waals surface area contributed by atoms with E-state index in [4.69, 9.17) is 9.84 Å². The molecule has 0 aromatic heterocycles. The molecule has 1 aromatic carbocycles. The molecule has 0 fully saturated rings. The summed E-state index contributed by atoms with van der Waals surface area (Å²) in [5, 5.41) is 37.5. The van der Waals surface area contributed by atoms with Crippen molar-refractivity contribution in [2.24, 2.45) is 0 Å². The van der Waals surface area contributed by atoms with Gasteiger partial charge in [0.2, 0.25) is 0 Å². The minimum Gasteiger partial charge on any atom is -0.480 e. The van der Waals surface area contributed by atoms with Crippen molar-refractivity contribution >= 4 is 23.9 Å². The van der Waals surface area contributed by atoms with E-state index in [0.717, 1.165) is 0 Å². The molecule has 4 N–H and O–H groups in total. The SMILES string of the molecule is CCOC(c1ccccc1)[C@H](CN(CCN(CC)CC(=O)O)CC(=O)O)N(CC(=O)O)CC(=O)O. The predicted molar refractivity (Wildman–Crippen MR) is 125 cm³/mol. The van der Waals surface area contributed by atoms with Gasteiger partial charge >= 0.3 is 23.9 Å². The van der Waals surface area contributed by atoms with Crippen LogP contribution in [0.3, 0.4) is 0 Å². The third-order valence-corrected chi connectivity index (χ3v) is 5.31. The van der Waals surface area contributed by atoms with Crippen molar-refractivity contribution in [3.63, 3.8) is 0 Å². The summed E-state index contributed by atoms with van der Waals surface area (Å²) in [5.74, 6) is -4.60. The number of nitrogens with zero attached hydrogens (tertiary/aromatic N) is 3. The van der Waals surface area contributed by atoms with Crippen LogP contribution in [0.2, 0.25) is 0 Å². The first-order valence-corrected chi connectivity index (χ1v) is 11.3. The average Bonchev–Trinajstić information content (AvgIpc) is 2.77. The highest BCUT2D eigenvalue weighted by atomic mass is 16.5. The largest absolute Gasteiger partial charge is 0.480 e. The Hall–Kier alpha value is -3.06. The quantitative estimate of drug-likeness (QED) is 0.208. The van der Waals surface area contributed by atoms with Crippen molar-refractivity contribution in [1.82, 2.24) is 14.7 Å². The zero-order valence-electron chi connectivity index (χ0n) is 20.1. The normalized spacial score (nSPS) is 13.2. The van der Waals surface area contributed by atoms with Gasteiger partial charge in [0.15, 0.2) is 0 Å². The van der Waals surface area contributed by atoms with E-state index in [1.807, 2.05) is 0 Å². The van der Waals surface area contributed by atoms with Gasteiger partial charge in [0, 0.05) is 26.2 Å². The molecule has 196 valence electrons. The number of benzene rings is 1. The van der Waals surface area contributed by atoms with Crippen molar-refractivity contribution in [1.29, 1.82) is 0 Å². The zero-order chi connectivity index (χ0) is 26.4. The minimum absolute atomic E-state index is 0.0168. The van der Waals surface area contributed by atoms with Crippen LogP contribution in [-0.2, 0) is 23.9 Å². The van der Waals surface area contributed by atoms with Crippen molar-refractivity contribution in [3.05, 3.63) is 35.9 Å². The Morgan fingerprint density at radius 2 is 1.26 bits per heavy atom. The third-order valence-electron chi connectivity index (χ3n) is 5.31. The Balaban J connectivity index is 3.36. The van der Waals surface area contributed by atoms with Gasteiger partial charge < -0.3 is 25.2 Å². The standard InChI is InChI=1S/C23H35N3O9/c1-3-24(13-19(27)28)10-11-25(14-20(29)30)12-18(26(15-21(31)32)16-22(33)34)23(35-4-2)17-8-6-5-7-9-17/h5-9,18,23H,3-4,10-16H2,1-2H3,(H,27,28)(H,29,30)(H,31,32)(H,33,34)/t18-,23?/m0/s1. The number of carbonyl (C=O) groups is 4. The first kappa shape index (κ1) is 30.0. The zero-order valence-corrected chi connectivity index (χ0v) is 20.1. The number of likely N-dealkylation sites (N-methyl/N-ethyl adjacent to an activating group) is 1. The van der Waals surface area contributed by atoms with E-state index in [0.29, 0.717) is 12.1 Å². The van der Waals surface area contributed by atoms with E-state index in [2.05, 4.69) is 0 Å². The highest BCUT2D eigenvalue weighted by molar-refractivity contribution is 5.73. The van der Waals surface area contributed by atoms with Crippen LogP contribution in [0.1, 0.15) is 25.5 Å². The van der Waals surface area contributed by atoms with Crippen LogP contribution >= 0.6 is 0 Å². The third kappa shape index (κ3) is 11.8. The second-order valence-electron chi connectivity index (χ2n) is 7.94.